The van der Waals surface area contributed by atoms with Crippen molar-refractivity contribution in [2.75, 3.05) is 24.8 Å². The van der Waals surface area contributed by atoms with E-state index in [1.165, 1.54) is 11.8 Å². The number of amides is 1. The molecule has 0 aliphatic heterocycles. The Morgan fingerprint density at radius 1 is 1.43 bits per heavy atom. The number of aromatic nitrogens is 3. The Morgan fingerprint density at radius 3 is 2.90 bits per heavy atom. The Morgan fingerprint density at radius 2 is 2.19 bits per heavy atom. The van der Waals surface area contributed by atoms with E-state index in [0.717, 1.165) is 9.26 Å². The van der Waals surface area contributed by atoms with Crippen LogP contribution >= 0.6 is 34.4 Å². The average molecular weight is 418 g/mol. The van der Waals surface area contributed by atoms with E-state index < -0.39 is 0 Å². The molecule has 0 saturated heterocycles. The molecule has 0 atom stereocenters. The number of nitrogens with zero attached hydrogens (tertiary/aromatic N) is 3. The molecule has 6 nitrogen and oxygen atoms in total. The normalized spacial score (nSPS) is 10.6. The summed E-state index contributed by atoms with van der Waals surface area (Å²) in [6.45, 7) is 1.25. The van der Waals surface area contributed by atoms with Crippen LogP contribution in [0.5, 0.6) is 0 Å². The predicted molar refractivity (Wildman–Crippen MR) is 90.4 cm³/mol. The van der Waals surface area contributed by atoms with E-state index >= 15 is 0 Å². The Balaban J connectivity index is 1.83. The molecule has 1 aromatic carbocycles. The predicted octanol–water partition coefficient (Wildman–Crippen LogP) is 2.26. The molecule has 8 heteroatoms. The van der Waals surface area contributed by atoms with E-state index in [1.54, 1.807) is 13.4 Å². The molecule has 2 rings (SSSR count). The molecule has 2 aromatic rings. The standard InChI is InChI=1S/C13H15IN4O2S/c1-20-7-6-18-9-15-17-13(18)21-8-12(19)16-11-4-2-10(14)3-5-11/h2-5,9H,6-8H2,1H3,(H,16,19). The van der Waals surface area contributed by atoms with E-state index in [1.807, 2.05) is 28.8 Å². The molecule has 112 valence electrons. The van der Waals surface area contributed by atoms with E-state index in [9.17, 15) is 4.79 Å². The van der Waals surface area contributed by atoms with Gasteiger partial charge in [-0.05, 0) is 46.9 Å². The molecule has 1 heterocycles. The van der Waals surface area contributed by atoms with E-state index in [0.29, 0.717) is 18.3 Å². The molecular formula is C13H15IN4O2S. The summed E-state index contributed by atoms with van der Waals surface area (Å²) in [5.41, 5.74) is 0.793. The van der Waals surface area contributed by atoms with Crippen LogP contribution in [-0.2, 0) is 16.1 Å². The third-order valence-corrected chi connectivity index (χ3v) is 4.28. The van der Waals surface area contributed by atoms with E-state index in [-0.39, 0.29) is 11.7 Å². The second-order valence-corrected chi connectivity index (χ2v) is 6.33. The number of halogens is 1. The van der Waals surface area contributed by atoms with Gasteiger partial charge in [0, 0.05) is 22.9 Å². The maximum absolute atomic E-state index is 11.9. The molecule has 1 aromatic heterocycles. The molecule has 21 heavy (non-hydrogen) atoms. The SMILES string of the molecule is COCCn1cnnc1SCC(=O)Nc1ccc(I)cc1. The van der Waals surface area contributed by atoms with Gasteiger partial charge in [0.15, 0.2) is 5.16 Å². The smallest absolute Gasteiger partial charge is 0.234 e. The first-order valence-corrected chi connectivity index (χ1v) is 8.30. The van der Waals surface area contributed by atoms with Crippen LogP contribution in [0.1, 0.15) is 0 Å². The summed E-state index contributed by atoms with van der Waals surface area (Å²) in [5.74, 6) is 0.222. The molecule has 1 amide bonds. The van der Waals surface area contributed by atoms with Gasteiger partial charge in [-0.25, -0.2) is 0 Å². The minimum Gasteiger partial charge on any atom is -0.383 e. The molecule has 0 unspecified atom stereocenters. The van der Waals surface area contributed by atoms with Crippen molar-refractivity contribution < 1.29 is 9.53 Å². The number of carbonyl (C=O) groups excluding carboxylic acids is 1. The monoisotopic (exact) mass is 418 g/mol. The van der Waals surface area contributed by atoms with Crippen molar-refractivity contribution in [3.8, 4) is 0 Å². The summed E-state index contributed by atoms with van der Waals surface area (Å²) < 4.78 is 8.02. The van der Waals surface area contributed by atoms with Crippen LogP contribution in [0.4, 0.5) is 5.69 Å². The number of hydrogen-bond acceptors (Lipinski definition) is 5. The van der Waals surface area contributed by atoms with Crippen molar-refractivity contribution in [3.63, 3.8) is 0 Å². The van der Waals surface area contributed by atoms with Gasteiger partial charge in [-0.15, -0.1) is 10.2 Å². The van der Waals surface area contributed by atoms with Crippen molar-refractivity contribution in [1.82, 2.24) is 14.8 Å². The molecule has 0 aliphatic carbocycles. The molecule has 0 bridgehead atoms. The summed E-state index contributed by atoms with van der Waals surface area (Å²) in [7, 11) is 1.64. The van der Waals surface area contributed by atoms with Gasteiger partial charge in [-0.3, -0.25) is 4.79 Å². The Labute approximate surface area is 140 Å². The lowest BCUT2D eigenvalue weighted by Gasteiger charge is -2.06. The van der Waals surface area contributed by atoms with Gasteiger partial charge in [-0.1, -0.05) is 11.8 Å². The first-order chi connectivity index (χ1) is 10.2. The average Bonchev–Trinajstić information content (AvgIpc) is 2.93. The van der Waals surface area contributed by atoms with Crippen LogP contribution in [-0.4, -0.2) is 40.1 Å². The fraction of sp³-hybridized carbons (Fsp3) is 0.308. The number of anilines is 1. The molecule has 0 spiro atoms. The number of hydrogen-bond donors (Lipinski definition) is 1. The Kier molecular flexibility index (Phi) is 6.46. The van der Waals surface area contributed by atoms with Crippen molar-refractivity contribution in [1.29, 1.82) is 0 Å². The fourth-order valence-electron chi connectivity index (χ4n) is 1.56. The van der Waals surface area contributed by atoms with Crippen LogP contribution in [0.3, 0.4) is 0 Å². The van der Waals surface area contributed by atoms with Crippen LogP contribution in [0.25, 0.3) is 0 Å². The zero-order valence-electron chi connectivity index (χ0n) is 11.5. The van der Waals surface area contributed by atoms with Crippen molar-refractivity contribution in [2.45, 2.75) is 11.7 Å². The highest BCUT2D eigenvalue weighted by molar-refractivity contribution is 14.1. The Hall–Kier alpha value is -1.13. The fourth-order valence-corrected chi connectivity index (χ4v) is 2.66. The summed E-state index contributed by atoms with van der Waals surface area (Å²) in [4.78, 5) is 11.9. The second kappa shape index (κ2) is 8.35. The number of ether oxygens (including phenoxy) is 1. The number of rotatable bonds is 7. The highest BCUT2D eigenvalue weighted by Crippen LogP contribution is 2.16. The summed E-state index contributed by atoms with van der Waals surface area (Å²) in [6.07, 6.45) is 1.64. The third-order valence-electron chi connectivity index (χ3n) is 2.58. The number of methoxy groups -OCH3 is 1. The molecule has 0 fully saturated rings. The van der Waals surface area contributed by atoms with E-state index in [4.69, 9.17) is 4.74 Å². The lowest BCUT2D eigenvalue weighted by Crippen LogP contribution is -2.14. The molecular weight excluding hydrogens is 403 g/mol. The summed E-state index contributed by atoms with van der Waals surface area (Å²) in [6, 6.07) is 7.66. The van der Waals surface area contributed by atoms with Gasteiger partial charge >= 0.3 is 0 Å². The topological polar surface area (TPSA) is 69.0 Å². The highest BCUT2D eigenvalue weighted by atomic mass is 127. The first kappa shape index (κ1) is 16.2. The van der Waals surface area contributed by atoms with Crippen LogP contribution in [0, 0.1) is 3.57 Å². The molecule has 1 N–H and O–H groups in total. The highest BCUT2D eigenvalue weighted by Gasteiger charge is 2.09. The largest absolute Gasteiger partial charge is 0.383 e. The zero-order chi connectivity index (χ0) is 15.1. The minimum atomic E-state index is -0.0671. The zero-order valence-corrected chi connectivity index (χ0v) is 14.4. The van der Waals surface area contributed by atoms with Gasteiger partial charge < -0.3 is 14.6 Å². The molecule has 0 saturated carbocycles. The summed E-state index contributed by atoms with van der Waals surface area (Å²) >= 11 is 3.58. The van der Waals surface area contributed by atoms with Gasteiger partial charge in [0.1, 0.15) is 6.33 Å². The Bertz CT molecular complexity index is 588. The number of benzene rings is 1. The number of thioether (sulfide) groups is 1. The van der Waals surface area contributed by atoms with Gasteiger partial charge in [0.05, 0.1) is 12.4 Å². The van der Waals surface area contributed by atoms with Crippen molar-refractivity contribution in [3.05, 3.63) is 34.2 Å². The molecule has 0 radical (unpaired) electrons. The lowest BCUT2D eigenvalue weighted by molar-refractivity contribution is -0.113. The minimum absolute atomic E-state index is 0.0671. The van der Waals surface area contributed by atoms with Crippen LogP contribution < -0.4 is 5.32 Å². The van der Waals surface area contributed by atoms with E-state index in [2.05, 4.69) is 38.1 Å². The maximum atomic E-state index is 11.9. The number of nitrogens with one attached hydrogen (secondary N) is 1. The maximum Gasteiger partial charge on any atom is 0.234 e. The molecule has 0 aliphatic rings. The third kappa shape index (κ3) is 5.29. The van der Waals surface area contributed by atoms with Crippen molar-refractivity contribution in [2.24, 2.45) is 0 Å². The summed E-state index contributed by atoms with van der Waals surface area (Å²) in [5, 5.41) is 11.4. The van der Waals surface area contributed by atoms with Crippen LogP contribution in [0.2, 0.25) is 0 Å². The first-order valence-electron chi connectivity index (χ1n) is 6.24. The second-order valence-electron chi connectivity index (χ2n) is 4.14. The quantitative estimate of drug-likeness (QED) is 0.552. The lowest BCUT2D eigenvalue weighted by atomic mass is 10.3. The van der Waals surface area contributed by atoms with Crippen LogP contribution in [0.15, 0.2) is 35.7 Å². The van der Waals surface area contributed by atoms with Gasteiger partial charge in [0.2, 0.25) is 5.91 Å². The van der Waals surface area contributed by atoms with Crippen molar-refractivity contribution >= 4 is 45.9 Å². The number of carbonyl (C=O) groups is 1. The van der Waals surface area contributed by atoms with Gasteiger partial charge in [0.25, 0.3) is 0 Å². The van der Waals surface area contributed by atoms with Gasteiger partial charge in [-0.2, -0.15) is 0 Å².